The standard InChI is InChI=1S/C15H31N3O3S.HI/c1-6-16-14(18-10-13(21-5)15(2,3)4)17-9-12-7-8-22(19,20)11-12;/h12-13H,6-11H2,1-5H3,(H2,16,17,18);1H. The molecule has 0 amide bonds. The van der Waals surface area contributed by atoms with Crippen LogP contribution in [0.25, 0.3) is 0 Å². The molecule has 0 aromatic heterocycles. The number of sulfone groups is 1. The first kappa shape index (κ1) is 22.9. The molecule has 0 spiro atoms. The highest BCUT2D eigenvalue weighted by atomic mass is 127. The first-order valence-electron chi connectivity index (χ1n) is 7.93. The summed E-state index contributed by atoms with van der Waals surface area (Å²) >= 11 is 0. The monoisotopic (exact) mass is 461 g/mol. The number of methoxy groups -OCH3 is 1. The van der Waals surface area contributed by atoms with Crippen molar-refractivity contribution in [3.05, 3.63) is 0 Å². The molecule has 1 fully saturated rings. The van der Waals surface area contributed by atoms with Crippen molar-refractivity contribution in [2.24, 2.45) is 16.3 Å². The van der Waals surface area contributed by atoms with Gasteiger partial charge in [0.1, 0.15) is 0 Å². The average Bonchev–Trinajstić information content (AvgIpc) is 2.74. The van der Waals surface area contributed by atoms with E-state index in [1.807, 2.05) is 6.92 Å². The zero-order valence-corrected chi connectivity index (χ0v) is 18.0. The van der Waals surface area contributed by atoms with Gasteiger partial charge in [-0.3, -0.25) is 4.99 Å². The van der Waals surface area contributed by atoms with Gasteiger partial charge in [-0.05, 0) is 24.7 Å². The number of halogens is 1. The van der Waals surface area contributed by atoms with E-state index in [1.54, 1.807) is 7.11 Å². The summed E-state index contributed by atoms with van der Waals surface area (Å²) in [6, 6.07) is 0. The molecule has 2 atom stereocenters. The van der Waals surface area contributed by atoms with Crippen LogP contribution in [0.15, 0.2) is 4.99 Å². The lowest BCUT2D eigenvalue weighted by Gasteiger charge is -2.28. The highest BCUT2D eigenvalue weighted by Crippen LogP contribution is 2.22. The Kier molecular flexibility index (Phi) is 9.99. The van der Waals surface area contributed by atoms with E-state index in [1.165, 1.54) is 0 Å². The van der Waals surface area contributed by atoms with Crippen LogP contribution >= 0.6 is 24.0 Å². The molecule has 1 rings (SSSR count). The fraction of sp³-hybridized carbons (Fsp3) is 0.933. The van der Waals surface area contributed by atoms with Crippen molar-refractivity contribution in [1.82, 2.24) is 10.6 Å². The van der Waals surface area contributed by atoms with Gasteiger partial charge in [-0.25, -0.2) is 8.42 Å². The van der Waals surface area contributed by atoms with Crippen LogP contribution in [-0.2, 0) is 14.6 Å². The van der Waals surface area contributed by atoms with E-state index in [4.69, 9.17) is 4.74 Å². The number of nitrogens with one attached hydrogen (secondary N) is 2. The molecule has 1 aliphatic rings. The Morgan fingerprint density at radius 2 is 2.00 bits per heavy atom. The van der Waals surface area contributed by atoms with Gasteiger partial charge in [0.15, 0.2) is 15.8 Å². The Labute approximate surface area is 158 Å². The molecule has 8 heteroatoms. The Hall–Kier alpha value is -0.0900. The molecular weight excluding hydrogens is 429 g/mol. The van der Waals surface area contributed by atoms with Crippen molar-refractivity contribution in [1.29, 1.82) is 0 Å². The SMILES string of the molecule is CCNC(=NCC(OC)C(C)(C)C)NCC1CCS(=O)(=O)C1.I. The van der Waals surface area contributed by atoms with E-state index in [0.717, 1.165) is 18.9 Å². The number of aliphatic imine (C=N–C) groups is 1. The van der Waals surface area contributed by atoms with E-state index in [0.29, 0.717) is 18.8 Å². The van der Waals surface area contributed by atoms with Gasteiger partial charge < -0.3 is 15.4 Å². The molecule has 138 valence electrons. The van der Waals surface area contributed by atoms with Gasteiger partial charge in [-0.2, -0.15) is 0 Å². The van der Waals surface area contributed by atoms with Crippen molar-refractivity contribution < 1.29 is 13.2 Å². The van der Waals surface area contributed by atoms with Crippen LogP contribution in [0.1, 0.15) is 34.1 Å². The van der Waals surface area contributed by atoms with Crippen LogP contribution in [0.2, 0.25) is 0 Å². The summed E-state index contributed by atoms with van der Waals surface area (Å²) < 4.78 is 28.5. The van der Waals surface area contributed by atoms with E-state index >= 15 is 0 Å². The number of nitrogens with zero attached hydrogens (tertiary/aromatic N) is 1. The second-order valence-corrected chi connectivity index (χ2v) is 9.19. The zero-order chi connectivity index (χ0) is 16.8. The second-order valence-electron chi connectivity index (χ2n) is 6.96. The topological polar surface area (TPSA) is 79.8 Å². The lowest BCUT2D eigenvalue weighted by Crippen LogP contribution is -2.41. The quantitative estimate of drug-likeness (QED) is 0.357. The number of ether oxygens (including phenoxy) is 1. The predicted molar refractivity (Wildman–Crippen MR) is 106 cm³/mol. The number of rotatable bonds is 6. The third kappa shape index (κ3) is 8.53. The molecular formula is C15H32IN3O3S. The highest BCUT2D eigenvalue weighted by molar-refractivity contribution is 14.0. The van der Waals surface area contributed by atoms with Crippen molar-refractivity contribution in [2.75, 3.05) is 38.2 Å². The molecule has 1 aliphatic heterocycles. The first-order valence-corrected chi connectivity index (χ1v) is 9.75. The van der Waals surface area contributed by atoms with Crippen LogP contribution in [0.3, 0.4) is 0 Å². The lowest BCUT2D eigenvalue weighted by molar-refractivity contribution is 0.0241. The molecule has 0 bridgehead atoms. The Morgan fingerprint density at radius 3 is 2.43 bits per heavy atom. The zero-order valence-electron chi connectivity index (χ0n) is 14.9. The minimum atomic E-state index is -2.82. The molecule has 23 heavy (non-hydrogen) atoms. The smallest absolute Gasteiger partial charge is 0.191 e. The predicted octanol–water partition coefficient (Wildman–Crippen LogP) is 1.66. The fourth-order valence-electron chi connectivity index (χ4n) is 2.49. The molecule has 0 radical (unpaired) electrons. The summed E-state index contributed by atoms with van der Waals surface area (Å²) in [4.78, 5) is 4.57. The van der Waals surface area contributed by atoms with Crippen LogP contribution in [0.4, 0.5) is 0 Å². The summed E-state index contributed by atoms with van der Waals surface area (Å²) in [5.41, 5.74) is 0.0229. The summed E-state index contributed by atoms with van der Waals surface area (Å²) in [7, 11) is -1.12. The summed E-state index contributed by atoms with van der Waals surface area (Å²) in [6.07, 6.45) is 0.770. The third-order valence-corrected chi connectivity index (χ3v) is 5.73. The van der Waals surface area contributed by atoms with Crippen molar-refractivity contribution >= 4 is 39.8 Å². The van der Waals surface area contributed by atoms with E-state index in [9.17, 15) is 8.42 Å². The molecule has 0 aromatic carbocycles. The molecule has 0 aromatic rings. The minimum Gasteiger partial charge on any atom is -0.379 e. The van der Waals surface area contributed by atoms with Crippen LogP contribution in [-0.4, -0.2) is 58.7 Å². The maximum Gasteiger partial charge on any atom is 0.191 e. The minimum absolute atomic E-state index is 0. The molecule has 0 aliphatic carbocycles. The van der Waals surface area contributed by atoms with Crippen LogP contribution < -0.4 is 10.6 Å². The average molecular weight is 461 g/mol. The number of hydrogen-bond donors (Lipinski definition) is 2. The van der Waals surface area contributed by atoms with E-state index < -0.39 is 9.84 Å². The Balaban J connectivity index is 0.00000484. The van der Waals surface area contributed by atoms with Gasteiger partial charge in [0.05, 0.1) is 24.2 Å². The third-order valence-electron chi connectivity index (χ3n) is 3.89. The van der Waals surface area contributed by atoms with Gasteiger partial charge >= 0.3 is 0 Å². The van der Waals surface area contributed by atoms with E-state index in [-0.39, 0.29) is 47.2 Å². The molecule has 1 heterocycles. The highest BCUT2D eigenvalue weighted by Gasteiger charge is 2.28. The van der Waals surface area contributed by atoms with Gasteiger partial charge in [0.25, 0.3) is 0 Å². The van der Waals surface area contributed by atoms with Crippen LogP contribution in [0.5, 0.6) is 0 Å². The van der Waals surface area contributed by atoms with E-state index in [2.05, 4.69) is 36.4 Å². The van der Waals surface area contributed by atoms with Crippen molar-refractivity contribution in [2.45, 2.75) is 40.2 Å². The summed E-state index contributed by atoms with van der Waals surface area (Å²) in [6.45, 7) is 10.4. The molecule has 2 unspecified atom stereocenters. The van der Waals surface area contributed by atoms with Gasteiger partial charge in [-0.15, -0.1) is 24.0 Å². The Morgan fingerprint density at radius 1 is 1.35 bits per heavy atom. The first-order chi connectivity index (χ1) is 10.2. The summed E-state index contributed by atoms with van der Waals surface area (Å²) in [5, 5.41) is 6.44. The molecule has 1 saturated heterocycles. The van der Waals surface area contributed by atoms with Gasteiger partial charge in [0.2, 0.25) is 0 Å². The number of guanidine groups is 1. The van der Waals surface area contributed by atoms with Gasteiger partial charge in [-0.1, -0.05) is 20.8 Å². The van der Waals surface area contributed by atoms with Gasteiger partial charge in [0, 0.05) is 20.2 Å². The maximum absolute atomic E-state index is 11.5. The Bertz CT molecular complexity index is 475. The molecule has 0 saturated carbocycles. The van der Waals surface area contributed by atoms with Crippen molar-refractivity contribution in [3.63, 3.8) is 0 Å². The lowest BCUT2D eigenvalue weighted by atomic mass is 9.89. The second kappa shape index (κ2) is 10.0. The normalized spacial score (nSPS) is 22.3. The number of hydrogen-bond acceptors (Lipinski definition) is 4. The molecule has 6 nitrogen and oxygen atoms in total. The molecule has 2 N–H and O–H groups in total. The fourth-order valence-corrected chi connectivity index (χ4v) is 4.35. The maximum atomic E-state index is 11.5. The largest absolute Gasteiger partial charge is 0.379 e. The summed E-state index contributed by atoms with van der Waals surface area (Å²) in [5.74, 6) is 1.48. The van der Waals surface area contributed by atoms with Crippen LogP contribution in [0, 0.1) is 11.3 Å². The van der Waals surface area contributed by atoms with Crippen molar-refractivity contribution in [3.8, 4) is 0 Å².